The fraction of sp³-hybridized carbons (Fsp3) is 0.188. The number of nitrogens with one attached hydrogen (secondary N) is 2. The Morgan fingerprint density at radius 3 is 2.54 bits per heavy atom. The van der Waals surface area contributed by atoms with Crippen molar-refractivity contribution in [2.45, 2.75) is 13.5 Å². The van der Waals surface area contributed by atoms with Gasteiger partial charge in [-0.25, -0.2) is 9.18 Å². The van der Waals surface area contributed by atoms with Crippen molar-refractivity contribution in [3.05, 3.63) is 64.0 Å². The van der Waals surface area contributed by atoms with Crippen LogP contribution >= 0.6 is 0 Å². The third kappa shape index (κ3) is 4.67. The van der Waals surface area contributed by atoms with Crippen LogP contribution in [0.5, 0.6) is 0 Å². The summed E-state index contributed by atoms with van der Waals surface area (Å²) < 4.78 is 17.7. The number of hydrogen-bond donors (Lipinski definition) is 2. The van der Waals surface area contributed by atoms with Gasteiger partial charge >= 0.3 is 6.09 Å². The molecule has 0 aliphatic rings. The molecular weight excluding hydrogens is 317 g/mol. The maximum atomic E-state index is 12.9. The molecule has 0 aromatic heterocycles. The first-order valence-corrected chi connectivity index (χ1v) is 7.20. The monoisotopic (exact) mass is 333 g/mol. The number of amides is 1. The van der Waals surface area contributed by atoms with E-state index >= 15 is 0 Å². The number of ether oxygens (including phenoxy) is 1. The number of nitrogens with zero attached hydrogens (tertiary/aromatic N) is 1. The molecule has 24 heavy (non-hydrogen) atoms. The smallest absolute Gasteiger partial charge is 0.411 e. The lowest BCUT2D eigenvalue weighted by Crippen LogP contribution is -2.15. The molecule has 2 N–H and O–H groups in total. The zero-order chi connectivity index (χ0) is 17.5. The summed E-state index contributed by atoms with van der Waals surface area (Å²) in [5, 5.41) is 16.4. The summed E-state index contributed by atoms with van der Waals surface area (Å²) in [7, 11) is 0. The minimum Gasteiger partial charge on any atom is -0.450 e. The molecule has 2 aromatic carbocycles. The van der Waals surface area contributed by atoms with Crippen LogP contribution in [0, 0.1) is 15.9 Å². The molecule has 8 heteroatoms. The van der Waals surface area contributed by atoms with E-state index in [1.54, 1.807) is 19.1 Å². The van der Waals surface area contributed by atoms with Crippen molar-refractivity contribution >= 4 is 23.2 Å². The van der Waals surface area contributed by atoms with Crippen molar-refractivity contribution in [3.63, 3.8) is 0 Å². The van der Waals surface area contributed by atoms with Gasteiger partial charge in [-0.1, -0.05) is 12.1 Å². The van der Waals surface area contributed by atoms with Gasteiger partial charge in [-0.15, -0.1) is 0 Å². The van der Waals surface area contributed by atoms with Gasteiger partial charge in [0.05, 0.1) is 22.9 Å². The topological polar surface area (TPSA) is 93.5 Å². The third-order valence-electron chi connectivity index (χ3n) is 3.12. The van der Waals surface area contributed by atoms with Crippen molar-refractivity contribution in [2.24, 2.45) is 0 Å². The van der Waals surface area contributed by atoms with Gasteiger partial charge in [-0.2, -0.15) is 0 Å². The molecule has 0 spiro atoms. The predicted octanol–water partition coefficient (Wildman–Crippen LogP) is 3.91. The second-order valence-electron chi connectivity index (χ2n) is 4.81. The first-order chi connectivity index (χ1) is 11.5. The summed E-state index contributed by atoms with van der Waals surface area (Å²) in [4.78, 5) is 22.0. The number of rotatable bonds is 6. The molecule has 2 aromatic rings. The normalized spacial score (nSPS) is 10.1. The van der Waals surface area contributed by atoms with E-state index in [0.717, 1.165) is 5.56 Å². The van der Waals surface area contributed by atoms with Crippen molar-refractivity contribution < 1.29 is 18.8 Å². The minimum absolute atomic E-state index is 0.119. The van der Waals surface area contributed by atoms with Crippen LogP contribution < -0.4 is 10.6 Å². The Morgan fingerprint density at radius 1 is 1.21 bits per heavy atom. The average Bonchev–Trinajstić information content (AvgIpc) is 2.55. The highest BCUT2D eigenvalue weighted by Crippen LogP contribution is 2.27. The van der Waals surface area contributed by atoms with Crippen LogP contribution in [-0.4, -0.2) is 17.6 Å². The van der Waals surface area contributed by atoms with Gasteiger partial charge in [0.2, 0.25) is 0 Å². The molecule has 0 fully saturated rings. The fourth-order valence-electron chi connectivity index (χ4n) is 1.98. The van der Waals surface area contributed by atoms with Crippen LogP contribution in [0.3, 0.4) is 0 Å². The molecule has 1 amide bonds. The zero-order valence-corrected chi connectivity index (χ0v) is 12.9. The Kier molecular flexibility index (Phi) is 5.67. The van der Waals surface area contributed by atoms with E-state index in [-0.39, 0.29) is 18.1 Å². The first kappa shape index (κ1) is 17.2. The highest BCUT2D eigenvalue weighted by Gasteiger charge is 2.13. The van der Waals surface area contributed by atoms with Crippen LogP contribution in [0.15, 0.2) is 42.5 Å². The number of nitro groups is 1. The highest BCUT2D eigenvalue weighted by atomic mass is 19.1. The lowest BCUT2D eigenvalue weighted by atomic mass is 10.2. The van der Waals surface area contributed by atoms with Gasteiger partial charge in [0, 0.05) is 18.7 Å². The van der Waals surface area contributed by atoms with Gasteiger partial charge in [0.15, 0.2) is 0 Å². The molecule has 0 unspecified atom stereocenters. The molecule has 126 valence electrons. The van der Waals surface area contributed by atoms with Crippen LogP contribution in [0.4, 0.5) is 26.2 Å². The predicted molar refractivity (Wildman–Crippen MR) is 87.5 cm³/mol. The molecule has 0 saturated carbocycles. The Balaban J connectivity index is 2.19. The maximum Gasteiger partial charge on any atom is 0.411 e. The van der Waals surface area contributed by atoms with Crippen LogP contribution in [0.1, 0.15) is 12.5 Å². The molecular formula is C16H16FN3O4. The van der Waals surface area contributed by atoms with Crippen molar-refractivity contribution in [1.29, 1.82) is 0 Å². The van der Waals surface area contributed by atoms with E-state index in [0.29, 0.717) is 17.9 Å². The number of nitro benzene ring substituents is 1. The van der Waals surface area contributed by atoms with Crippen molar-refractivity contribution in [2.75, 3.05) is 17.2 Å². The largest absolute Gasteiger partial charge is 0.450 e. The summed E-state index contributed by atoms with van der Waals surface area (Å²) in [6.07, 6.45) is -0.656. The maximum absolute atomic E-state index is 12.9. The zero-order valence-electron chi connectivity index (χ0n) is 12.9. The van der Waals surface area contributed by atoms with E-state index < -0.39 is 11.0 Å². The summed E-state index contributed by atoms with van der Waals surface area (Å²) in [5.41, 5.74) is 1.37. The number of hydrogen-bond acceptors (Lipinski definition) is 5. The summed E-state index contributed by atoms with van der Waals surface area (Å²) >= 11 is 0. The SMILES string of the molecule is CCOC(=O)Nc1ccc([N+](=O)[O-])cc1NCc1ccc(F)cc1. The van der Waals surface area contributed by atoms with E-state index in [2.05, 4.69) is 10.6 Å². The summed E-state index contributed by atoms with van der Waals surface area (Å²) in [6.45, 7) is 2.18. The van der Waals surface area contributed by atoms with Gasteiger partial charge < -0.3 is 10.1 Å². The molecule has 0 aliphatic heterocycles. The number of anilines is 2. The first-order valence-electron chi connectivity index (χ1n) is 7.20. The highest BCUT2D eigenvalue weighted by molar-refractivity contribution is 5.90. The molecule has 0 atom stereocenters. The minimum atomic E-state index is -0.656. The van der Waals surface area contributed by atoms with Crippen molar-refractivity contribution in [3.8, 4) is 0 Å². The Hall–Kier alpha value is -3.16. The van der Waals surface area contributed by atoms with Gasteiger partial charge in [0.25, 0.3) is 5.69 Å². The standard InChI is InChI=1S/C16H16FN3O4/c1-2-24-16(21)19-14-8-7-13(20(22)23)9-15(14)18-10-11-3-5-12(17)6-4-11/h3-9,18H,2,10H2,1H3,(H,19,21). The van der Waals surface area contributed by atoms with Crippen LogP contribution in [-0.2, 0) is 11.3 Å². The van der Waals surface area contributed by atoms with Gasteiger partial charge in [-0.05, 0) is 30.7 Å². The second-order valence-corrected chi connectivity index (χ2v) is 4.81. The molecule has 0 radical (unpaired) electrons. The number of carbonyl (C=O) groups is 1. The third-order valence-corrected chi connectivity index (χ3v) is 3.12. The number of halogens is 1. The molecule has 0 aliphatic carbocycles. The number of benzene rings is 2. The average molecular weight is 333 g/mol. The van der Waals surface area contributed by atoms with E-state index in [4.69, 9.17) is 4.74 Å². The molecule has 0 heterocycles. The molecule has 0 bridgehead atoms. The van der Waals surface area contributed by atoms with Crippen LogP contribution in [0.25, 0.3) is 0 Å². The summed E-state index contributed by atoms with van der Waals surface area (Å²) in [6, 6.07) is 9.85. The number of carbonyl (C=O) groups excluding carboxylic acids is 1. The van der Waals surface area contributed by atoms with Gasteiger partial charge in [0.1, 0.15) is 5.82 Å². The second kappa shape index (κ2) is 7.91. The number of non-ortho nitro benzene ring substituents is 1. The van der Waals surface area contributed by atoms with E-state index in [1.807, 2.05) is 0 Å². The Bertz CT molecular complexity index is 735. The van der Waals surface area contributed by atoms with Crippen molar-refractivity contribution in [1.82, 2.24) is 0 Å². The van der Waals surface area contributed by atoms with E-state index in [9.17, 15) is 19.3 Å². The van der Waals surface area contributed by atoms with Crippen LogP contribution in [0.2, 0.25) is 0 Å². The lowest BCUT2D eigenvalue weighted by Gasteiger charge is -2.13. The Morgan fingerprint density at radius 2 is 1.92 bits per heavy atom. The molecule has 7 nitrogen and oxygen atoms in total. The molecule has 2 rings (SSSR count). The Labute approximate surface area is 137 Å². The van der Waals surface area contributed by atoms with E-state index in [1.165, 1.54) is 30.3 Å². The summed E-state index contributed by atoms with van der Waals surface area (Å²) in [5.74, 6) is -0.348. The molecule has 0 saturated heterocycles. The fourth-order valence-corrected chi connectivity index (χ4v) is 1.98. The quantitative estimate of drug-likeness (QED) is 0.617. The lowest BCUT2D eigenvalue weighted by molar-refractivity contribution is -0.384. The van der Waals surface area contributed by atoms with Gasteiger partial charge in [-0.3, -0.25) is 15.4 Å².